The van der Waals surface area contributed by atoms with Crippen LogP contribution in [0.25, 0.3) is 0 Å². The molecule has 0 spiro atoms. The molecule has 1 saturated heterocycles. The average molecular weight is 274 g/mol. The Morgan fingerprint density at radius 3 is 1.84 bits per heavy atom. The topological polar surface area (TPSA) is 71.1 Å². The summed E-state index contributed by atoms with van der Waals surface area (Å²) in [5.41, 5.74) is -1.51. The van der Waals surface area contributed by atoms with E-state index in [1.54, 1.807) is 20.8 Å². The largest absolute Gasteiger partial charge is 0.387 e. The van der Waals surface area contributed by atoms with E-state index in [4.69, 9.17) is 18.9 Å². The second-order valence-electron chi connectivity index (χ2n) is 4.17. The molecular formula is C13H22O6. The molecule has 110 valence electrons. The van der Waals surface area contributed by atoms with Crippen LogP contribution < -0.4 is 0 Å². The van der Waals surface area contributed by atoms with E-state index in [0.717, 1.165) is 0 Å². The fraction of sp³-hybridized carbons (Fsp3) is 0.846. The van der Waals surface area contributed by atoms with Crippen molar-refractivity contribution in [1.29, 1.82) is 0 Å². The van der Waals surface area contributed by atoms with Gasteiger partial charge in [-0.05, 0) is 27.2 Å². The standard InChI is InChI=1S/C13H22O6/c1-5-9-12(16-6-2)10(14)19-11(15)13(12,17-7-3)18-8-4/h5-9H2,1-4H3. The zero-order valence-corrected chi connectivity index (χ0v) is 12.0. The molecule has 1 fully saturated rings. The van der Waals surface area contributed by atoms with Crippen molar-refractivity contribution in [2.45, 2.75) is 51.9 Å². The second-order valence-corrected chi connectivity index (χ2v) is 4.17. The SMILES string of the molecule is CCCC1(OCC)C(=O)OC(=O)C1(OCC)OCC. The molecule has 1 rings (SSSR count). The van der Waals surface area contributed by atoms with Gasteiger partial charge in [0.05, 0.1) is 0 Å². The third-order valence-electron chi connectivity index (χ3n) is 3.00. The van der Waals surface area contributed by atoms with E-state index in [1.165, 1.54) is 0 Å². The van der Waals surface area contributed by atoms with Gasteiger partial charge in [-0.15, -0.1) is 0 Å². The van der Waals surface area contributed by atoms with Crippen LogP contribution in [0.15, 0.2) is 0 Å². The number of ether oxygens (including phenoxy) is 4. The molecule has 0 saturated carbocycles. The predicted octanol–water partition coefficient (Wildman–Crippen LogP) is 1.41. The zero-order valence-electron chi connectivity index (χ0n) is 12.0. The molecule has 1 heterocycles. The van der Waals surface area contributed by atoms with Crippen LogP contribution >= 0.6 is 0 Å². The number of hydrogen-bond acceptors (Lipinski definition) is 6. The first kappa shape index (κ1) is 16.1. The molecule has 1 atom stereocenters. The normalized spacial score (nSPS) is 25.7. The van der Waals surface area contributed by atoms with Crippen molar-refractivity contribution in [3.8, 4) is 0 Å². The number of esters is 2. The molecule has 0 aliphatic carbocycles. The van der Waals surface area contributed by atoms with Gasteiger partial charge in [0.2, 0.25) is 5.60 Å². The van der Waals surface area contributed by atoms with Crippen molar-refractivity contribution in [3.63, 3.8) is 0 Å². The van der Waals surface area contributed by atoms with Gasteiger partial charge in [-0.25, -0.2) is 9.59 Å². The van der Waals surface area contributed by atoms with Gasteiger partial charge < -0.3 is 18.9 Å². The number of cyclic esters (lactones) is 2. The Morgan fingerprint density at radius 1 is 0.895 bits per heavy atom. The summed E-state index contributed by atoms with van der Waals surface area (Å²) in [5, 5.41) is 0. The molecule has 0 N–H and O–H groups in total. The first-order valence-corrected chi connectivity index (χ1v) is 6.73. The van der Waals surface area contributed by atoms with Gasteiger partial charge in [0.25, 0.3) is 0 Å². The van der Waals surface area contributed by atoms with Gasteiger partial charge in [-0.2, -0.15) is 0 Å². The minimum atomic E-state index is -1.79. The number of rotatable bonds is 8. The van der Waals surface area contributed by atoms with Gasteiger partial charge in [0, 0.05) is 19.8 Å². The zero-order chi connectivity index (χ0) is 14.5. The summed E-state index contributed by atoms with van der Waals surface area (Å²) in [6, 6.07) is 0. The summed E-state index contributed by atoms with van der Waals surface area (Å²) in [6.07, 6.45) is 0.926. The third-order valence-corrected chi connectivity index (χ3v) is 3.00. The van der Waals surface area contributed by atoms with Crippen LogP contribution in [0.4, 0.5) is 0 Å². The Hall–Kier alpha value is -0.980. The van der Waals surface area contributed by atoms with E-state index < -0.39 is 23.3 Å². The summed E-state index contributed by atoms with van der Waals surface area (Å²) in [7, 11) is 0. The molecule has 0 aromatic carbocycles. The molecule has 0 aromatic rings. The molecule has 1 aliphatic heterocycles. The van der Waals surface area contributed by atoms with Crippen molar-refractivity contribution in [2.24, 2.45) is 0 Å². The molecule has 6 nitrogen and oxygen atoms in total. The van der Waals surface area contributed by atoms with E-state index in [0.29, 0.717) is 12.8 Å². The van der Waals surface area contributed by atoms with E-state index in [-0.39, 0.29) is 19.8 Å². The molecule has 0 radical (unpaired) electrons. The summed E-state index contributed by atoms with van der Waals surface area (Å²) in [6.45, 7) is 7.75. The Balaban J connectivity index is 3.31. The van der Waals surface area contributed by atoms with Gasteiger partial charge in [0.1, 0.15) is 0 Å². The molecule has 19 heavy (non-hydrogen) atoms. The molecular weight excluding hydrogens is 252 g/mol. The maximum absolute atomic E-state index is 12.1. The van der Waals surface area contributed by atoms with Crippen molar-refractivity contribution < 1.29 is 28.5 Å². The molecule has 6 heteroatoms. The lowest BCUT2D eigenvalue weighted by molar-refractivity contribution is -0.292. The monoisotopic (exact) mass is 274 g/mol. The van der Waals surface area contributed by atoms with Crippen LogP contribution in [-0.2, 0) is 28.5 Å². The van der Waals surface area contributed by atoms with Crippen LogP contribution in [-0.4, -0.2) is 43.1 Å². The smallest absolute Gasteiger partial charge is 0.378 e. The quantitative estimate of drug-likeness (QED) is 0.378. The maximum Gasteiger partial charge on any atom is 0.378 e. The van der Waals surface area contributed by atoms with E-state index in [2.05, 4.69) is 0 Å². The second kappa shape index (κ2) is 6.45. The number of carbonyl (C=O) groups excluding carboxylic acids is 2. The predicted molar refractivity (Wildman–Crippen MR) is 66.3 cm³/mol. The van der Waals surface area contributed by atoms with Gasteiger partial charge in [-0.1, -0.05) is 13.3 Å². The van der Waals surface area contributed by atoms with Gasteiger partial charge in [0.15, 0.2) is 0 Å². The lowest BCUT2D eigenvalue weighted by Gasteiger charge is -2.38. The van der Waals surface area contributed by atoms with Crippen molar-refractivity contribution in [2.75, 3.05) is 19.8 Å². The lowest BCUT2D eigenvalue weighted by atomic mass is 9.89. The molecule has 1 unspecified atom stereocenters. The Labute approximate surface area is 113 Å². The Bertz CT molecular complexity index is 294. The summed E-state index contributed by atoms with van der Waals surface area (Å²) in [4.78, 5) is 24.2. The summed E-state index contributed by atoms with van der Waals surface area (Å²) in [5.74, 6) is -3.36. The Morgan fingerprint density at radius 2 is 1.42 bits per heavy atom. The molecule has 0 amide bonds. The summed E-state index contributed by atoms with van der Waals surface area (Å²) >= 11 is 0. The lowest BCUT2D eigenvalue weighted by Crippen LogP contribution is -2.61. The fourth-order valence-corrected chi connectivity index (χ4v) is 2.42. The maximum atomic E-state index is 12.1. The highest BCUT2D eigenvalue weighted by Crippen LogP contribution is 2.43. The van der Waals surface area contributed by atoms with Crippen molar-refractivity contribution in [1.82, 2.24) is 0 Å². The van der Waals surface area contributed by atoms with Crippen LogP contribution in [0.3, 0.4) is 0 Å². The third kappa shape index (κ3) is 2.40. The van der Waals surface area contributed by atoms with Crippen LogP contribution in [0.5, 0.6) is 0 Å². The minimum Gasteiger partial charge on any atom is -0.387 e. The van der Waals surface area contributed by atoms with Crippen LogP contribution in [0, 0.1) is 0 Å². The summed E-state index contributed by atoms with van der Waals surface area (Å²) < 4.78 is 21.3. The molecule has 0 aromatic heterocycles. The first-order chi connectivity index (χ1) is 9.04. The molecule has 0 bridgehead atoms. The van der Waals surface area contributed by atoms with E-state index in [1.807, 2.05) is 6.92 Å². The number of carbonyl (C=O) groups is 2. The fourth-order valence-electron chi connectivity index (χ4n) is 2.42. The minimum absolute atomic E-state index is 0.209. The highest BCUT2D eigenvalue weighted by Gasteiger charge is 2.72. The van der Waals surface area contributed by atoms with Crippen LogP contribution in [0.2, 0.25) is 0 Å². The van der Waals surface area contributed by atoms with E-state index >= 15 is 0 Å². The van der Waals surface area contributed by atoms with Crippen molar-refractivity contribution >= 4 is 11.9 Å². The van der Waals surface area contributed by atoms with Crippen molar-refractivity contribution in [3.05, 3.63) is 0 Å². The average Bonchev–Trinajstić information content (AvgIpc) is 2.54. The highest BCUT2D eigenvalue weighted by molar-refractivity contribution is 6.04. The number of hydrogen-bond donors (Lipinski definition) is 0. The first-order valence-electron chi connectivity index (χ1n) is 6.73. The highest BCUT2D eigenvalue weighted by atomic mass is 16.8. The molecule has 1 aliphatic rings. The van der Waals surface area contributed by atoms with Gasteiger partial charge >= 0.3 is 17.7 Å². The van der Waals surface area contributed by atoms with Gasteiger partial charge in [-0.3, -0.25) is 0 Å². The van der Waals surface area contributed by atoms with Crippen LogP contribution in [0.1, 0.15) is 40.5 Å². The van der Waals surface area contributed by atoms with E-state index in [9.17, 15) is 9.59 Å². The Kier molecular flexibility index (Phi) is 5.46.